The molecule has 0 aliphatic rings. The Labute approximate surface area is 185 Å². The Morgan fingerprint density at radius 1 is 1.03 bits per heavy atom. The number of halogens is 2. The van der Waals surface area contributed by atoms with Crippen LogP contribution < -0.4 is 10.1 Å². The van der Waals surface area contributed by atoms with Gasteiger partial charge in [-0.25, -0.2) is 0 Å². The summed E-state index contributed by atoms with van der Waals surface area (Å²) >= 11 is 12.0. The Morgan fingerprint density at radius 2 is 1.77 bits per heavy atom. The number of nitriles is 1. The van der Waals surface area contributed by atoms with Crippen LogP contribution in [0.1, 0.15) is 16.7 Å². The molecule has 150 valence electrons. The van der Waals surface area contributed by atoms with Crippen LogP contribution in [0.4, 0.5) is 0 Å². The van der Waals surface area contributed by atoms with Gasteiger partial charge in [-0.1, -0.05) is 71.7 Å². The smallest absolute Gasteiger partial charge is 0.262 e. The standard InChI is InChI=1S/C24H18Cl2N2O2/c25-21-9-8-19(23(26)13-21)16-30-22-10-6-17(7-11-22)12-20(14-27)24(29)28-15-18-4-2-1-3-5-18/h1-13H,15-16H2,(H,28,29). The van der Waals surface area contributed by atoms with Crippen LogP contribution in [0.15, 0.2) is 78.4 Å². The molecule has 0 unspecified atom stereocenters. The predicted octanol–water partition coefficient (Wildman–Crippen LogP) is 5.80. The van der Waals surface area contributed by atoms with Gasteiger partial charge in [-0.3, -0.25) is 4.79 Å². The molecule has 0 bridgehead atoms. The molecule has 0 heterocycles. The minimum Gasteiger partial charge on any atom is -0.489 e. The first-order chi connectivity index (χ1) is 14.5. The van der Waals surface area contributed by atoms with Crippen LogP contribution in [0.25, 0.3) is 6.08 Å². The second kappa shape index (κ2) is 10.5. The number of nitrogens with zero attached hydrogens (tertiary/aromatic N) is 1. The molecular formula is C24H18Cl2N2O2. The van der Waals surface area contributed by atoms with Gasteiger partial charge < -0.3 is 10.1 Å². The number of rotatable bonds is 7. The average Bonchev–Trinajstić information content (AvgIpc) is 2.77. The Bertz CT molecular complexity index is 1090. The van der Waals surface area contributed by atoms with Gasteiger partial charge in [0.25, 0.3) is 5.91 Å². The first-order valence-electron chi connectivity index (χ1n) is 9.16. The van der Waals surface area contributed by atoms with E-state index in [4.69, 9.17) is 27.9 Å². The zero-order valence-corrected chi connectivity index (χ0v) is 17.5. The lowest BCUT2D eigenvalue weighted by Gasteiger charge is -2.08. The third-order valence-electron chi connectivity index (χ3n) is 4.26. The van der Waals surface area contributed by atoms with Gasteiger partial charge in [-0.15, -0.1) is 0 Å². The van der Waals surface area contributed by atoms with E-state index in [0.717, 1.165) is 16.7 Å². The molecule has 0 aliphatic carbocycles. The van der Waals surface area contributed by atoms with E-state index in [-0.39, 0.29) is 5.57 Å². The van der Waals surface area contributed by atoms with Gasteiger partial charge in [-0.2, -0.15) is 5.26 Å². The Kier molecular flexibility index (Phi) is 7.51. The van der Waals surface area contributed by atoms with Gasteiger partial charge in [0.2, 0.25) is 0 Å². The van der Waals surface area contributed by atoms with E-state index in [2.05, 4.69) is 5.32 Å². The van der Waals surface area contributed by atoms with Crippen molar-refractivity contribution in [3.8, 4) is 11.8 Å². The van der Waals surface area contributed by atoms with Crippen molar-refractivity contribution < 1.29 is 9.53 Å². The lowest BCUT2D eigenvalue weighted by atomic mass is 10.1. The number of ether oxygens (including phenoxy) is 1. The van der Waals surface area contributed by atoms with Crippen LogP contribution in [0.5, 0.6) is 5.75 Å². The lowest BCUT2D eigenvalue weighted by Crippen LogP contribution is -2.23. The van der Waals surface area contributed by atoms with Gasteiger partial charge in [-0.05, 0) is 41.5 Å². The van der Waals surface area contributed by atoms with Crippen LogP contribution >= 0.6 is 23.2 Å². The van der Waals surface area contributed by atoms with E-state index in [1.807, 2.05) is 42.5 Å². The Hall–Kier alpha value is -3.26. The minimum atomic E-state index is -0.418. The molecule has 30 heavy (non-hydrogen) atoms. The second-order valence-corrected chi connectivity index (χ2v) is 7.28. The van der Waals surface area contributed by atoms with Crippen LogP contribution in [-0.4, -0.2) is 5.91 Å². The summed E-state index contributed by atoms with van der Waals surface area (Å²) in [5, 5.41) is 13.2. The van der Waals surface area contributed by atoms with E-state index in [1.165, 1.54) is 0 Å². The molecule has 0 aromatic heterocycles. The van der Waals surface area contributed by atoms with Crippen molar-refractivity contribution in [3.05, 3.63) is 105 Å². The highest BCUT2D eigenvalue weighted by Crippen LogP contribution is 2.23. The monoisotopic (exact) mass is 436 g/mol. The van der Waals surface area contributed by atoms with E-state index >= 15 is 0 Å². The molecule has 1 N–H and O–H groups in total. The molecule has 0 radical (unpaired) electrons. The highest BCUT2D eigenvalue weighted by molar-refractivity contribution is 6.35. The maximum Gasteiger partial charge on any atom is 0.262 e. The maximum absolute atomic E-state index is 12.3. The maximum atomic E-state index is 12.3. The molecule has 0 fully saturated rings. The molecule has 4 nitrogen and oxygen atoms in total. The largest absolute Gasteiger partial charge is 0.489 e. The van der Waals surface area contributed by atoms with Crippen molar-refractivity contribution in [3.63, 3.8) is 0 Å². The minimum absolute atomic E-state index is 0.0348. The fourth-order valence-corrected chi connectivity index (χ4v) is 3.11. The van der Waals surface area contributed by atoms with E-state index < -0.39 is 5.91 Å². The summed E-state index contributed by atoms with van der Waals surface area (Å²) in [4.78, 5) is 12.3. The molecule has 0 atom stereocenters. The van der Waals surface area contributed by atoms with Gasteiger partial charge in [0.15, 0.2) is 0 Å². The van der Waals surface area contributed by atoms with Gasteiger partial charge in [0, 0.05) is 22.2 Å². The fraction of sp³-hybridized carbons (Fsp3) is 0.0833. The Morgan fingerprint density at radius 3 is 2.43 bits per heavy atom. The van der Waals surface area contributed by atoms with Crippen LogP contribution in [-0.2, 0) is 17.9 Å². The highest BCUT2D eigenvalue weighted by Gasteiger charge is 2.09. The molecule has 0 saturated heterocycles. The predicted molar refractivity (Wildman–Crippen MR) is 119 cm³/mol. The lowest BCUT2D eigenvalue weighted by molar-refractivity contribution is -0.117. The van der Waals surface area contributed by atoms with Crippen molar-refractivity contribution in [1.29, 1.82) is 5.26 Å². The van der Waals surface area contributed by atoms with Crippen LogP contribution in [0.3, 0.4) is 0 Å². The van der Waals surface area contributed by atoms with Crippen molar-refractivity contribution in [2.45, 2.75) is 13.2 Å². The number of nitrogens with one attached hydrogen (secondary N) is 1. The van der Waals surface area contributed by atoms with Gasteiger partial charge in [0.05, 0.1) is 0 Å². The van der Waals surface area contributed by atoms with E-state index in [9.17, 15) is 10.1 Å². The SMILES string of the molecule is N#CC(=Cc1ccc(OCc2ccc(Cl)cc2Cl)cc1)C(=O)NCc1ccccc1. The molecule has 3 aromatic carbocycles. The number of amides is 1. The third-order valence-corrected chi connectivity index (χ3v) is 4.85. The number of hydrogen-bond acceptors (Lipinski definition) is 3. The number of benzene rings is 3. The van der Waals surface area contributed by atoms with Crippen molar-refractivity contribution in [2.75, 3.05) is 0 Å². The average molecular weight is 437 g/mol. The van der Waals surface area contributed by atoms with Crippen molar-refractivity contribution >= 4 is 35.2 Å². The third kappa shape index (κ3) is 6.12. The molecule has 0 aliphatic heterocycles. The van der Waals surface area contributed by atoms with Crippen molar-refractivity contribution in [1.82, 2.24) is 5.32 Å². The summed E-state index contributed by atoms with van der Waals surface area (Å²) < 4.78 is 5.74. The first kappa shape index (κ1) is 21.4. The van der Waals surface area contributed by atoms with Crippen molar-refractivity contribution in [2.24, 2.45) is 0 Å². The number of carbonyl (C=O) groups excluding carboxylic acids is 1. The molecule has 3 aromatic rings. The normalized spacial score (nSPS) is 10.9. The molecule has 1 amide bonds. The first-order valence-corrected chi connectivity index (χ1v) is 9.91. The van der Waals surface area contributed by atoms with Gasteiger partial charge >= 0.3 is 0 Å². The summed E-state index contributed by atoms with van der Waals surface area (Å²) in [6.07, 6.45) is 1.54. The number of carbonyl (C=O) groups is 1. The highest BCUT2D eigenvalue weighted by atomic mass is 35.5. The Balaban J connectivity index is 1.60. The quantitative estimate of drug-likeness (QED) is 0.376. The number of hydrogen-bond donors (Lipinski definition) is 1. The summed E-state index contributed by atoms with van der Waals surface area (Å²) in [6, 6.07) is 23.8. The van der Waals surface area contributed by atoms with Gasteiger partial charge in [0.1, 0.15) is 24.0 Å². The molecule has 6 heteroatoms. The van der Waals surface area contributed by atoms with E-state index in [1.54, 1.807) is 42.5 Å². The topological polar surface area (TPSA) is 62.1 Å². The zero-order chi connectivity index (χ0) is 21.3. The molecule has 0 spiro atoms. The van der Waals surface area contributed by atoms with Crippen LogP contribution in [0.2, 0.25) is 10.0 Å². The van der Waals surface area contributed by atoms with E-state index in [0.29, 0.717) is 28.9 Å². The fourth-order valence-electron chi connectivity index (χ4n) is 2.65. The second-order valence-electron chi connectivity index (χ2n) is 6.43. The molecule has 3 rings (SSSR count). The summed E-state index contributed by atoms with van der Waals surface area (Å²) in [6.45, 7) is 0.662. The summed E-state index contributed by atoms with van der Waals surface area (Å²) in [5.74, 6) is 0.226. The summed E-state index contributed by atoms with van der Waals surface area (Å²) in [5.41, 5.74) is 2.54. The molecular weight excluding hydrogens is 419 g/mol. The molecule has 0 saturated carbocycles. The summed E-state index contributed by atoms with van der Waals surface area (Å²) in [7, 11) is 0. The zero-order valence-electron chi connectivity index (χ0n) is 15.9. The van der Waals surface area contributed by atoms with Crippen LogP contribution in [0, 0.1) is 11.3 Å².